The van der Waals surface area contributed by atoms with Gasteiger partial charge in [-0.05, 0) is 62.2 Å². The van der Waals surface area contributed by atoms with Crippen LogP contribution in [0.3, 0.4) is 0 Å². The molecular formula is C25H24F4N8O. The monoisotopic (exact) mass is 528 g/mol. The number of nitriles is 1. The van der Waals surface area contributed by atoms with Crippen LogP contribution in [0.2, 0.25) is 0 Å². The number of anilines is 4. The Morgan fingerprint density at radius 1 is 1.13 bits per heavy atom. The van der Waals surface area contributed by atoms with Gasteiger partial charge >= 0.3 is 6.18 Å². The lowest BCUT2D eigenvalue weighted by Gasteiger charge is -2.19. The molecule has 0 aliphatic carbocycles. The zero-order chi connectivity index (χ0) is 27.5. The minimum atomic E-state index is -4.62. The molecule has 13 heteroatoms. The first-order chi connectivity index (χ1) is 17.9. The van der Waals surface area contributed by atoms with E-state index in [1.54, 1.807) is 5.32 Å². The fraction of sp³-hybridized carbons (Fsp3) is 0.320. The maximum atomic E-state index is 14.4. The lowest BCUT2D eigenvalue weighted by atomic mass is 9.90. The fourth-order valence-electron chi connectivity index (χ4n) is 3.79. The Morgan fingerprint density at radius 3 is 2.66 bits per heavy atom. The summed E-state index contributed by atoms with van der Waals surface area (Å²) < 4.78 is 52.4. The number of halogens is 4. The van der Waals surface area contributed by atoms with Crippen LogP contribution < -0.4 is 21.3 Å². The summed E-state index contributed by atoms with van der Waals surface area (Å²) in [4.78, 5) is 25.1. The summed E-state index contributed by atoms with van der Waals surface area (Å²) in [5.41, 5.74) is 1.30. The van der Waals surface area contributed by atoms with Gasteiger partial charge in [-0.25, -0.2) is 14.4 Å². The van der Waals surface area contributed by atoms with Crippen LogP contribution in [-0.2, 0) is 18.4 Å². The predicted octanol–water partition coefficient (Wildman–Crippen LogP) is 4.24. The molecule has 38 heavy (non-hydrogen) atoms. The van der Waals surface area contributed by atoms with Gasteiger partial charge in [0, 0.05) is 18.4 Å². The number of hydrogen-bond acceptors (Lipinski definition) is 8. The highest BCUT2D eigenvalue weighted by Gasteiger charge is 2.29. The molecule has 1 amide bonds. The number of carbonyl (C=O) groups excluding carboxylic acids is 1. The second-order valence-electron chi connectivity index (χ2n) is 9.18. The van der Waals surface area contributed by atoms with Crippen molar-refractivity contribution in [1.82, 2.24) is 25.6 Å². The van der Waals surface area contributed by atoms with Gasteiger partial charge in [-0.3, -0.25) is 4.79 Å². The van der Waals surface area contributed by atoms with Gasteiger partial charge in [0.2, 0.25) is 5.95 Å². The second kappa shape index (κ2) is 10.6. The van der Waals surface area contributed by atoms with Crippen molar-refractivity contribution in [2.75, 3.05) is 23.7 Å². The molecule has 198 valence electrons. The van der Waals surface area contributed by atoms with E-state index in [1.165, 1.54) is 25.5 Å². The molecule has 4 N–H and O–H groups in total. The lowest BCUT2D eigenvalue weighted by Crippen LogP contribution is -2.34. The molecule has 0 radical (unpaired) electrons. The standard InChI is InChI=1S/C25H24F4N8O/c1-24(2,12-30)20-18(26)5-6-19(35-20)36-21-17(22(38)33-13-25(27,28)29)11-32-23(37-21)34-16-4-3-15-10-31-8-7-14(15)9-16/h3-6,9,11,31H,7-8,10,13H2,1-2H3,(H,33,38)(H2,32,34,35,36,37). The molecule has 4 rings (SSSR count). The number of aromatic nitrogens is 3. The number of hydrogen-bond donors (Lipinski definition) is 4. The van der Waals surface area contributed by atoms with Crippen molar-refractivity contribution >= 4 is 29.2 Å². The Morgan fingerprint density at radius 2 is 1.92 bits per heavy atom. The van der Waals surface area contributed by atoms with Crippen molar-refractivity contribution < 1.29 is 22.4 Å². The molecule has 0 atom stereocenters. The average Bonchev–Trinajstić information content (AvgIpc) is 2.88. The van der Waals surface area contributed by atoms with Crippen molar-refractivity contribution in [3.05, 3.63) is 64.7 Å². The third kappa shape index (κ3) is 6.33. The molecule has 0 saturated carbocycles. The van der Waals surface area contributed by atoms with E-state index < -0.39 is 29.9 Å². The first-order valence-electron chi connectivity index (χ1n) is 11.6. The van der Waals surface area contributed by atoms with E-state index in [2.05, 4.69) is 30.9 Å². The topological polar surface area (TPSA) is 128 Å². The van der Waals surface area contributed by atoms with Gasteiger partial charge in [-0.15, -0.1) is 0 Å². The number of nitrogens with zero attached hydrogens (tertiary/aromatic N) is 4. The van der Waals surface area contributed by atoms with E-state index in [4.69, 9.17) is 0 Å². The van der Waals surface area contributed by atoms with Crippen molar-refractivity contribution in [2.45, 2.75) is 38.4 Å². The fourth-order valence-corrected chi connectivity index (χ4v) is 3.79. The molecule has 3 aromatic rings. The summed E-state index contributed by atoms with van der Waals surface area (Å²) in [6.07, 6.45) is -2.70. The normalized spacial score (nSPS) is 13.3. The van der Waals surface area contributed by atoms with Crippen LogP contribution in [0.25, 0.3) is 0 Å². The highest BCUT2D eigenvalue weighted by Crippen LogP contribution is 2.27. The maximum absolute atomic E-state index is 14.4. The van der Waals surface area contributed by atoms with Crippen LogP contribution >= 0.6 is 0 Å². The van der Waals surface area contributed by atoms with E-state index in [9.17, 15) is 27.6 Å². The van der Waals surface area contributed by atoms with E-state index in [-0.39, 0.29) is 28.8 Å². The number of nitrogens with one attached hydrogen (secondary N) is 4. The molecule has 2 aromatic heterocycles. The van der Waals surface area contributed by atoms with Crippen LogP contribution in [0.15, 0.2) is 36.5 Å². The molecule has 0 spiro atoms. The van der Waals surface area contributed by atoms with Crippen LogP contribution in [0.1, 0.15) is 41.0 Å². The zero-order valence-corrected chi connectivity index (χ0v) is 20.5. The van der Waals surface area contributed by atoms with Gasteiger partial charge in [0.15, 0.2) is 0 Å². The minimum Gasteiger partial charge on any atom is -0.343 e. The quantitative estimate of drug-likeness (QED) is 0.336. The predicted molar refractivity (Wildman–Crippen MR) is 132 cm³/mol. The molecule has 9 nitrogen and oxygen atoms in total. The van der Waals surface area contributed by atoms with Gasteiger partial charge in [0.05, 0.1) is 17.2 Å². The van der Waals surface area contributed by atoms with Crippen molar-refractivity contribution in [2.24, 2.45) is 0 Å². The van der Waals surface area contributed by atoms with E-state index in [0.717, 1.165) is 37.3 Å². The van der Waals surface area contributed by atoms with Crippen molar-refractivity contribution in [3.8, 4) is 6.07 Å². The van der Waals surface area contributed by atoms with E-state index in [1.807, 2.05) is 24.3 Å². The molecule has 0 unspecified atom stereocenters. The van der Waals surface area contributed by atoms with Crippen LogP contribution in [0.4, 0.5) is 40.8 Å². The van der Waals surface area contributed by atoms with Gasteiger partial charge in [-0.1, -0.05) is 6.07 Å². The Balaban J connectivity index is 1.67. The second-order valence-corrected chi connectivity index (χ2v) is 9.18. The Kier molecular flexibility index (Phi) is 7.45. The van der Waals surface area contributed by atoms with E-state index in [0.29, 0.717) is 5.69 Å². The number of fused-ring (bicyclic) bond motifs is 1. The van der Waals surface area contributed by atoms with Crippen LogP contribution in [-0.4, -0.2) is 40.1 Å². The molecule has 0 bridgehead atoms. The number of amides is 1. The Bertz CT molecular complexity index is 1400. The highest BCUT2D eigenvalue weighted by atomic mass is 19.4. The molecule has 3 heterocycles. The van der Waals surface area contributed by atoms with Gasteiger partial charge in [-0.2, -0.15) is 23.4 Å². The third-order valence-electron chi connectivity index (χ3n) is 5.80. The smallest absolute Gasteiger partial charge is 0.343 e. The molecule has 1 aromatic carbocycles. The lowest BCUT2D eigenvalue weighted by molar-refractivity contribution is -0.123. The number of rotatable bonds is 7. The highest BCUT2D eigenvalue weighted by molar-refractivity contribution is 5.99. The Hall–Kier alpha value is -4.31. The van der Waals surface area contributed by atoms with Crippen molar-refractivity contribution in [1.29, 1.82) is 5.26 Å². The molecule has 0 saturated heterocycles. The summed E-state index contributed by atoms with van der Waals surface area (Å²) in [6.45, 7) is 3.03. The maximum Gasteiger partial charge on any atom is 0.405 e. The van der Waals surface area contributed by atoms with Gasteiger partial charge < -0.3 is 21.3 Å². The Labute approximate surface area is 215 Å². The average molecular weight is 529 g/mol. The van der Waals surface area contributed by atoms with Gasteiger partial charge in [0.25, 0.3) is 5.91 Å². The minimum absolute atomic E-state index is 0.0283. The number of carbonyl (C=O) groups is 1. The van der Waals surface area contributed by atoms with Gasteiger partial charge in [0.1, 0.15) is 29.6 Å². The first-order valence-corrected chi connectivity index (χ1v) is 11.6. The third-order valence-corrected chi connectivity index (χ3v) is 5.80. The SMILES string of the molecule is CC(C)(C#N)c1nc(Nc2nc(Nc3ccc4c(c3)CCNC4)ncc2C(=O)NCC(F)(F)F)ccc1F. The molecule has 1 aliphatic heterocycles. The van der Waals surface area contributed by atoms with Crippen LogP contribution in [0.5, 0.6) is 0 Å². The number of pyridine rings is 1. The number of benzene rings is 1. The summed E-state index contributed by atoms with van der Waals surface area (Å²) in [5, 5.41) is 20.3. The summed E-state index contributed by atoms with van der Waals surface area (Å²) in [6, 6.07) is 10.1. The summed E-state index contributed by atoms with van der Waals surface area (Å²) in [5.74, 6) is -1.85. The largest absolute Gasteiger partial charge is 0.405 e. The van der Waals surface area contributed by atoms with Crippen LogP contribution in [0, 0.1) is 17.1 Å². The summed E-state index contributed by atoms with van der Waals surface area (Å²) in [7, 11) is 0. The molecular weight excluding hydrogens is 504 g/mol. The number of alkyl halides is 3. The van der Waals surface area contributed by atoms with Crippen molar-refractivity contribution in [3.63, 3.8) is 0 Å². The molecule has 1 aliphatic rings. The van der Waals surface area contributed by atoms with E-state index >= 15 is 0 Å². The molecule has 0 fully saturated rings. The first kappa shape index (κ1) is 26.7. The summed E-state index contributed by atoms with van der Waals surface area (Å²) >= 11 is 0. The zero-order valence-electron chi connectivity index (χ0n) is 20.5.